The Morgan fingerprint density at radius 3 is 2.52 bits per heavy atom. The molecule has 0 bridgehead atoms. The molecule has 7 heteroatoms. The van der Waals surface area contributed by atoms with Crippen LogP contribution in [-0.4, -0.2) is 33.5 Å². The van der Waals surface area contributed by atoms with Crippen molar-refractivity contribution in [1.29, 1.82) is 0 Å². The Kier molecular flexibility index (Phi) is 5.13. The number of benzene rings is 2. The van der Waals surface area contributed by atoms with Crippen molar-refractivity contribution in [1.82, 2.24) is 5.32 Å². The molecule has 2 N–H and O–H groups in total. The van der Waals surface area contributed by atoms with Crippen LogP contribution in [0.15, 0.2) is 36.4 Å². The van der Waals surface area contributed by atoms with Crippen LogP contribution in [0, 0.1) is 0 Å². The highest BCUT2D eigenvalue weighted by Gasteiger charge is 2.13. The van der Waals surface area contributed by atoms with E-state index in [1.165, 1.54) is 0 Å². The molecule has 0 saturated heterocycles. The number of nitrogens with one attached hydrogen (secondary N) is 2. The molecule has 0 radical (unpaired) electrons. The zero-order valence-corrected chi connectivity index (χ0v) is 14.1. The third-order valence-corrected chi connectivity index (χ3v) is 3.70. The van der Waals surface area contributed by atoms with Crippen LogP contribution in [-0.2, 0) is 6.54 Å². The van der Waals surface area contributed by atoms with Crippen LogP contribution in [0.3, 0.4) is 0 Å². The lowest BCUT2D eigenvalue weighted by Crippen LogP contribution is -2.28. The summed E-state index contributed by atoms with van der Waals surface area (Å²) in [5, 5.41) is 5.57. The molecule has 0 fully saturated rings. The van der Waals surface area contributed by atoms with Crippen molar-refractivity contribution in [3.63, 3.8) is 0 Å². The van der Waals surface area contributed by atoms with E-state index in [0.29, 0.717) is 48.4 Å². The number of carbonyl (C=O) groups excluding carboxylic acids is 1. The van der Waals surface area contributed by atoms with Gasteiger partial charge in [-0.15, -0.1) is 0 Å². The largest absolute Gasteiger partial charge is 0.493 e. The van der Waals surface area contributed by atoms with Crippen molar-refractivity contribution < 1.29 is 23.7 Å². The fourth-order valence-corrected chi connectivity index (χ4v) is 2.47. The molecule has 1 aliphatic rings. The van der Waals surface area contributed by atoms with Gasteiger partial charge in [0.1, 0.15) is 13.2 Å². The van der Waals surface area contributed by atoms with Crippen LogP contribution in [0.2, 0.25) is 0 Å². The first kappa shape index (κ1) is 16.8. The van der Waals surface area contributed by atoms with Crippen LogP contribution in [0.1, 0.15) is 5.56 Å². The van der Waals surface area contributed by atoms with Crippen LogP contribution in [0.5, 0.6) is 23.0 Å². The number of methoxy groups -OCH3 is 2. The maximum Gasteiger partial charge on any atom is 0.319 e. The van der Waals surface area contributed by atoms with E-state index in [-0.39, 0.29) is 6.03 Å². The van der Waals surface area contributed by atoms with Gasteiger partial charge in [0, 0.05) is 18.3 Å². The molecule has 2 amide bonds. The molecule has 0 aliphatic carbocycles. The minimum absolute atomic E-state index is 0.313. The fraction of sp³-hybridized carbons (Fsp3) is 0.278. The van der Waals surface area contributed by atoms with Crippen LogP contribution >= 0.6 is 0 Å². The highest BCUT2D eigenvalue weighted by Crippen LogP contribution is 2.32. The average molecular weight is 344 g/mol. The number of anilines is 1. The van der Waals surface area contributed by atoms with Gasteiger partial charge in [-0.2, -0.15) is 0 Å². The van der Waals surface area contributed by atoms with Gasteiger partial charge in [0.05, 0.1) is 14.2 Å². The molecule has 2 aromatic rings. The summed E-state index contributed by atoms with van der Waals surface area (Å²) in [5.74, 6) is 2.58. The van der Waals surface area contributed by atoms with Crippen LogP contribution in [0.4, 0.5) is 10.5 Å². The molecule has 0 spiro atoms. The molecular weight excluding hydrogens is 324 g/mol. The zero-order chi connectivity index (χ0) is 17.6. The number of ether oxygens (including phenoxy) is 4. The van der Waals surface area contributed by atoms with E-state index in [1.54, 1.807) is 38.5 Å². The first-order valence-electron chi connectivity index (χ1n) is 7.85. The topological polar surface area (TPSA) is 78.1 Å². The number of amides is 2. The normalized spacial score (nSPS) is 12.2. The first-order valence-corrected chi connectivity index (χ1v) is 7.85. The molecule has 0 atom stereocenters. The van der Waals surface area contributed by atoms with Gasteiger partial charge >= 0.3 is 6.03 Å². The van der Waals surface area contributed by atoms with Gasteiger partial charge in [0.15, 0.2) is 23.0 Å². The molecule has 7 nitrogen and oxygen atoms in total. The van der Waals surface area contributed by atoms with Crippen molar-refractivity contribution in [3.05, 3.63) is 42.0 Å². The third-order valence-electron chi connectivity index (χ3n) is 3.70. The first-order chi connectivity index (χ1) is 12.2. The Morgan fingerprint density at radius 1 is 1.00 bits per heavy atom. The minimum Gasteiger partial charge on any atom is -0.493 e. The quantitative estimate of drug-likeness (QED) is 0.872. The molecule has 1 heterocycles. The van der Waals surface area contributed by atoms with Crippen molar-refractivity contribution in [3.8, 4) is 23.0 Å². The lowest BCUT2D eigenvalue weighted by molar-refractivity contribution is 0.171. The second-order valence-electron chi connectivity index (χ2n) is 5.36. The Balaban J connectivity index is 1.58. The summed E-state index contributed by atoms with van der Waals surface area (Å²) in [5.41, 5.74) is 1.53. The Hall–Kier alpha value is -3.09. The van der Waals surface area contributed by atoms with Crippen molar-refractivity contribution in [2.75, 3.05) is 32.8 Å². The molecule has 1 aliphatic heterocycles. The monoisotopic (exact) mass is 344 g/mol. The zero-order valence-electron chi connectivity index (χ0n) is 14.1. The maximum atomic E-state index is 12.1. The maximum absolute atomic E-state index is 12.1. The molecule has 25 heavy (non-hydrogen) atoms. The van der Waals surface area contributed by atoms with E-state index in [4.69, 9.17) is 18.9 Å². The summed E-state index contributed by atoms with van der Waals surface area (Å²) in [7, 11) is 3.15. The van der Waals surface area contributed by atoms with Gasteiger partial charge < -0.3 is 29.6 Å². The molecule has 0 unspecified atom stereocenters. The van der Waals surface area contributed by atoms with Crippen molar-refractivity contribution in [2.24, 2.45) is 0 Å². The number of hydrogen-bond donors (Lipinski definition) is 2. The van der Waals surface area contributed by atoms with E-state index in [9.17, 15) is 4.79 Å². The van der Waals surface area contributed by atoms with Crippen LogP contribution < -0.4 is 29.6 Å². The van der Waals surface area contributed by atoms with Gasteiger partial charge in [-0.1, -0.05) is 6.07 Å². The van der Waals surface area contributed by atoms with E-state index in [2.05, 4.69) is 10.6 Å². The summed E-state index contributed by atoms with van der Waals surface area (Å²) in [6.45, 7) is 1.39. The number of rotatable bonds is 5. The van der Waals surface area contributed by atoms with E-state index < -0.39 is 0 Å². The molecular formula is C18H20N2O5. The standard InChI is InChI=1S/C18H20N2O5/c1-22-14-5-3-12(9-16(14)23-2)11-19-18(21)20-13-4-6-15-17(10-13)25-8-7-24-15/h3-6,9-10H,7-8,11H2,1-2H3,(H2,19,20,21). The SMILES string of the molecule is COc1ccc(CNC(=O)Nc2ccc3c(c2)OCCO3)cc1OC. The van der Waals surface area contributed by atoms with Gasteiger partial charge in [0.2, 0.25) is 0 Å². The van der Waals surface area contributed by atoms with E-state index >= 15 is 0 Å². The second kappa shape index (κ2) is 7.65. The van der Waals surface area contributed by atoms with Crippen molar-refractivity contribution >= 4 is 11.7 Å². The Bertz CT molecular complexity index is 763. The molecule has 3 rings (SSSR count). The fourth-order valence-electron chi connectivity index (χ4n) is 2.47. The summed E-state index contributed by atoms with van der Waals surface area (Å²) in [4.78, 5) is 12.1. The number of fused-ring (bicyclic) bond motifs is 1. The molecule has 2 aromatic carbocycles. The van der Waals surface area contributed by atoms with Crippen LogP contribution in [0.25, 0.3) is 0 Å². The molecule has 0 aromatic heterocycles. The molecule has 0 saturated carbocycles. The summed E-state index contributed by atoms with van der Waals surface area (Å²) in [6.07, 6.45) is 0. The number of hydrogen-bond acceptors (Lipinski definition) is 5. The third kappa shape index (κ3) is 4.06. The van der Waals surface area contributed by atoms with E-state index in [1.807, 2.05) is 12.1 Å². The minimum atomic E-state index is -0.313. The Labute approximate surface area is 145 Å². The second-order valence-corrected chi connectivity index (χ2v) is 5.36. The van der Waals surface area contributed by atoms with Crippen molar-refractivity contribution in [2.45, 2.75) is 6.54 Å². The summed E-state index contributed by atoms with van der Waals surface area (Å²) < 4.78 is 21.4. The highest BCUT2D eigenvalue weighted by atomic mass is 16.6. The average Bonchev–Trinajstić information content (AvgIpc) is 2.66. The van der Waals surface area contributed by atoms with Gasteiger partial charge in [-0.25, -0.2) is 4.79 Å². The summed E-state index contributed by atoms with van der Waals surface area (Å²) in [6, 6.07) is 10.5. The predicted molar refractivity (Wildman–Crippen MR) is 92.8 cm³/mol. The summed E-state index contributed by atoms with van der Waals surface area (Å²) >= 11 is 0. The van der Waals surface area contributed by atoms with E-state index in [0.717, 1.165) is 5.56 Å². The van der Waals surface area contributed by atoms with Gasteiger partial charge in [-0.05, 0) is 29.8 Å². The lowest BCUT2D eigenvalue weighted by atomic mass is 10.2. The number of carbonyl (C=O) groups is 1. The Morgan fingerprint density at radius 2 is 1.76 bits per heavy atom. The lowest BCUT2D eigenvalue weighted by Gasteiger charge is -2.19. The number of urea groups is 1. The predicted octanol–water partition coefficient (Wildman–Crippen LogP) is 2.80. The highest BCUT2D eigenvalue weighted by molar-refractivity contribution is 5.89. The smallest absolute Gasteiger partial charge is 0.319 e. The van der Waals surface area contributed by atoms with Gasteiger partial charge in [0.25, 0.3) is 0 Å². The van der Waals surface area contributed by atoms with Gasteiger partial charge in [-0.3, -0.25) is 0 Å². The molecule has 132 valence electrons.